The summed E-state index contributed by atoms with van der Waals surface area (Å²) in [6.07, 6.45) is 2.31. The van der Waals surface area contributed by atoms with Gasteiger partial charge in [-0.05, 0) is 31.5 Å². The van der Waals surface area contributed by atoms with E-state index in [1.165, 1.54) is 0 Å². The first-order chi connectivity index (χ1) is 14.5. The highest BCUT2D eigenvalue weighted by molar-refractivity contribution is 6.39. The average Bonchev–Trinajstić information content (AvgIpc) is 2.79. The minimum Gasteiger partial charge on any atom is -0.495 e. The first-order valence-corrected chi connectivity index (χ1v) is 10.7. The van der Waals surface area contributed by atoms with Gasteiger partial charge in [-0.15, -0.1) is 0 Å². The lowest BCUT2D eigenvalue weighted by molar-refractivity contribution is 0.0579. The normalized spacial score (nSPS) is 20.6. The zero-order chi connectivity index (χ0) is 21.7. The molecule has 0 spiro atoms. The van der Waals surface area contributed by atoms with Crippen molar-refractivity contribution in [2.24, 2.45) is 4.99 Å². The number of piperazine rings is 1. The molecule has 0 bridgehead atoms. The highest BCUT2D eigenvalue weighted by atomic mass is 35.5. The van der Waals surface area contributed by atoms with E-state index in [0.717, 1.165) is 38.3 Å². The van der Waals surface area contributed by atoms with Crippen molar-refractivity contribution in [1.82, 2.24) is 20.4 Å². The Labute approximate surface area is 183 Å². The van der Waals surface area contributed by atoms with Crippen molar-refractivity contribution in [2.45, 2.75) is 32.6 Å². The molecule has 1 aromatic carbocycles. The smallest absolute Gasteiger partial charge is 0.254 e. The van der Waals surface area contributed by atoms with Crippen LogP contribution in [0.5, 0.6) is 5.75 Å². The van der Waals surface area contributed by atoms with Crippen LogP contribution in [-0.4, -0.2) is 74.6 Å². The summed E-state index contributed by atoms with van der Waals surface area (Å²) in [5.74, 6) is 1.30. The van der Waals surface area contributed by atoms with Crippen LogP contribution in [0.25, 0.3) is 0 Å². The van der Waals surface area contributed by atoms with E-state index in [1.807, 2.05) is 17.0 Å². The van der Waals surface area contributed by atoms with E-state index in [4.69, 9.17) is 16.3 Å². The first kappa shape index (κ1) is 22.2. The second-order valence-electron chi connectivity index (χ2n) is 7.44. The molecule has 0 radical (unpaired) electrons. The first-order valence-electron chi connectivity index (χ1n) is 10.3. The van der Waals surface area contributed by atoms with Gasteiger partial charge in [-0.3, -0.25) is 9.69 Å². The molecule has 3 rings (SSSR count). The molecule has 2 heterocycles. The Bertz CT molecular complexity index is 820. The maximum atomic E-state index is 13.0. The molecule has 8 nitrogen and oxygen atoms in total. The number of amides is 1. The van der Waals surface area contributed by atoms with Crippen LogP contribution in [0.15, 0.2) is 34.0 Å². The molecule has 1 amide bonds. The maximum absolute atomic E-state index is 13.0. The minimum absolute atomic E-state index is 0.0321. The van der Waals surface area contributed by atoms with Gasteiger partial charge in [0.1, 0.15) is 11.6 Å². The minimum atomic E-state index is -0.404. The largest absolute Gasteiger partial charge is 0.495 e. The number of carbonyl (C=O) groups is 1. The number of hydrogen-bond acceptors (Lipinski definition) is 7. The third kappa shape index (κ3) is 4.99. The second-order valence-corrected chi connectivity index (χ2v) is 7.85. The Morgan fingerprint density at radius 2 is 2.10 bits per heavy atom. The molecule has 2 unspecified atom stereocenters. The molecule has 0 aliphatic carbocycles. The number of allylic oxidation sites excluding steroid dienone is 1. The van der Waals surface area contributed by atoms with Gasteiger partial charge in [0.15, 0.2) is 6.29 Å². The summed E-state index contributed by atoms with van der Waals surface area (Å²) in [6, 6.07) is 6.00. The summed E-state index contributed by atoms with van der Waals surface area (Å²) in [6.45, 7) is 7.74. The van der Waals surface area contributed by atoms with E-state index in [2.05, 4.69) is 39.7 Å². The molecule has 30 heavy (non-hydrogen) atoms. The third-order valence-electron chi connectivity index (χ3n) is 5.66. The van der Waals surface area contributed by atoms with Gasteiger partial charge >= 0.3 is 0 Å². The quantitative estimate of drug-likeness (QED) is 0.610. The molecule has 1 fully saturated rings. The highest BCUT2D eigenvalue weighted by Gasteiger charge is 2.25. The van der Waals surface area contributed by atoms with Crippen LogP contribution in [0.2, 0.25) is 0 Å². The van der Waals surface area contributed by atoms with Gasteiger partial charge in [0.2, 0.25) is 0 Å². The molecule has 2 atom stereocenters. The van der Waals surface area contributed by atoms with Crippen molar-refractivity contribution < 1.29 is 9.53 Å². The van der Waals surface area contributed by atoms with E-state index >= 15 is 0 Å². The standard InChI is InChI=1S/C21H31ClN6O2/c1-5-14(2)27-8-10-28(11-9-27)20(29)15-6-7-17(18(12-15)30-4)25-21-24-13-16(22)19(23-3)26-21/h6-7,12-14,21,23,25-26H,5,8-11H2,1-4H3. The Morgan fingerprint density at radius 1 is 1.37 bits per heavy atom. The average molecular weight is 435 g/mol. The van der Waals surface area contributed by atoms with Crippen LogP contribution in [0.3, 0.4) is 0 Å². The summed E-state index contributed by atoms with van der Waals surface area (Å²) in [7, 11) is 3.37. The van der Waals surface area contributed by atoms with E-state index < -0.39 is 6.29 Å². The van der Waals surface area contributed by atoms with Gasteiger partial charge in [0, 0.05) is 51.0 Å². The van der Waals surface area contributed by atoms with E-state index in [1.54, 1.807) is 26.4 Å². The summed E-state index contributed by atoms with van der Waals surface area (Å²) >= 11 is 6.08. The molecule has 1 aromatic rings. The van der Waals surface area contributed by atoms with Gasteiger partial charge in [-0.1, -0.05) is 18.5 Å². The number of nitrogens with one attached hydrogen (secondary N) is 3. The monoisotopic (exact) mass is 434 g/mol. The number of nitrogens with zero attached hydrogens (tertiary/aromatic N) is 3. The summed E-state index contributed by atoms with van der Waals surface area (Å²) in [5, 5.41) is 9.91. The fourth-order valence-corrected chi connectivity index (χ4v) is 3.82. The fraction of sp³-hybridized carbons (Fsp3) is 0.524. The number of halogens is 1. The van der Waals surface area contributed by atoms with Crippen molar-refractivity contribution >= 4 is 29.4 Å². The number of rotatable bonds is 7. The molecule has 0 saturated carbocycles. The summed E-state index contributed by atoms with van der Waals surface area (Å²) in [5.41, 5.74) is 1.35. The predicted molar refractivity (Wildman–Crippen MR) is 121 cm³/mol. The van der Waals surface area contributed by atoms with Gasteiger partial charge in [0.05, 0.1) is 17.8 Å². The number of benzene rings is 1. The Balaban J connectivity index is 1.66. The van der Waals surface area contributed by atoms with Gasteiger partial charge in [-0.2, -0.15) is 0 Å². The SMILES string of the molecule is CCC(C)N1CCN(C(=O)c2ccc(NC3N=CC(Cl)=C(NC)N3)c(OC)c2)CC1. The number of anilines is 1. The van der Waals surface area contributed by atoms with E-state index in [0.29, 0.717) is 28.2 Å². The molecule has 9 heteroatoms. The predicted octanol–water partition coefficient (Wildman–Crippen LogP) is 2.25. The molecule has 164 valence electrons. The van der Waals surface area contributed by atoms with Crippen molar-refractivity contribution in [1.29, 1.82) is 0 Å². The fourth-order valence-electron chi connectivity index (χ4n) is 3.61. The Morgan fingerprint density at radius 3 is 2.73 bits per heavy atom. The van der Waals surface area contributed by atoms with Crippen LogP contribution in [0.4, 0.5) is 5.69 Å². The number of carbonyl (C=O) groups excluding carboxylic acids is 1. The number of hydrogen-bond donors (Lipinski definition) is 3. The van der Waals surface area contributed by atoms with Crippen molar-refractivity contribution in [3.8, 4) is 5.75 Å². The molecular weight excluding hydrogens is 404 g/mol. The molecule has 2 aliphatic heterocycles. The van der Waals surface area contributed by atoms with Crippen molar-refractivity contribution in [3.63, 3.8) is 0 Å². The number of aliphatic imine (C=N–C) groups is 1. The second kappa shape index (κ2) is 10.0. The summed E-state index contributed by atoms with van der Waals surface area (Å²) < 4.78 is 5.53. The molecule has 2 aliphatic rings. The molecule has 3 N–H and O–H groups in total. The third-order valence-corrected chi connectivity index (χ3v) is 5.95. The van der Waals surface area contributed by atoms with Crippen molar-refractivity contribution in [3.05, 3.63) is 34.6 Å². The van der Waals surface area contributed by atoms with E-state index in [-0.39, 0.29) is 5.91 Å². The van der Waals surface area contributed by atoms with Crippen LogP contribution < -0.4 is 20.7 Å². The van der Waals surface area contributed by atoms with Gasteiger partial charge in [0.25, 0.3) is 5.91 Å². The topological polar surface area (TPSA) is 81.2 Å². The Hall–Kier alpha value is -2.45. The zero-order valence-corrected chi connectivity index (χ0v) is 18.8. The van der Waals surface area contributed by atoms with Crippen LogP contribution in [-0.2, 0) is 0 Å². The number of ether oxygens (including phenoxy) is 1. The number of methoxy groups -OCH3 is 1. The highest BCUT2D eigenvalue weighted by Crippen LogP contribution is 2.27. The molecule has 1 saturated heterocycles. The van der Waals surface area contributed by atoms with E-state index in [9.17, 15) is 4.79 Å². The lowest BCUT2D eigenvalue weighted by Gasteiger charge is -2.37. The van der Waals surface area contributed by atoms with Crippen molar-refractivity contribution in [2.75, 3.05) is 45.7 Å². The van der Waals surface area contributed by atoms with Gasteiger partial charge < -0.3 is 25.6 Å². The molecule has 0 aromatic heterocycles. The molecular formula is C21H31ClN6O2. The van der Waals surface area contributed by atoms with Crippen LogP contribution >= 0.6 is 11.6 Å². The Kier molecular flexibility index (Phi) is 7.44. The lowest BCUT2D eigenvalue weighted by Crippen LogP contribution is -2.51. The van der Waals surface area contributed by atoms with Crippen LogP contribution in [0.1, 0.15) is 30.6 Å². The zero-order valence-electron chi connectivity index (χ0n) is 18.0. The summed E-state index contributed by atoms with van der Waals surface area (Å²) in [4.78, 5) is 21.7. The van der Waals surface area contributed by atoms with Gasteiger partial charge in [-0.25, -0.2) is 4.99 Å². The maximum Gasteiger partial charge on any atom is 0.254 e. The lowest BCUT2D eigenvalue weighted by atomic mass is 10.1. The van der Waals surface area contributed by atoms with Crippen LogP contribution in [0, 0.1) is 0 Å².